The Bertz CT molecular complexity index is 534. The summed E-state index contributed by atoms with van der Waals surface area (Å²) in [6.07, 6.45) is 1.49. The first kappa shape index (κ1) is 13.6. The average molecular weight is 253 g/mol. The van der Waals surface area contributed by atoms with Crippen molar-refractivity contribution < 1.29 is 13.2 Å². The third-order valence-corrected chi connectivity index (χ3v) is 3.80. The largest absolute Gasteiger partial charge is 0.295 e. The topological polar surface area (TPSA) is 63.2 Å². The van der Waals surface area contributed by atoms with Gasteiger partial charge in [0.15, 0.2) is 5.78 Å². The molecular weight excluding hydrogens is 238 g/mol. The number of ketones is 1. The minimum absolute atomic E-state index is 0.0823. The van der Waals surface area contributed by atoms with Gasteiger partial charge in [0.25, 0.3) is 0 Å². The Morgan fingerprint density at radius 2 is 2.12 bits per heavy atom. The number of rotatable bonds is 5. The number of carbonyl (C=O) groups is 1. The summed E-state index contributed by atoms with van der Waals surface area (Å²) >= 11 is 0. The van der Waals surface area contributed by atoms with Crippen LogP contribution in [0.25, 0.3) is 0 Å². The number of benzene rings is 1. The number of nitrogens with one attached hydrogen (secondary N) is 1. The molecule has 1 N–H and O–H groups in total. The third-order valence-electron chi connectivity index (χ3n) is 2.25. The van der Waals surface area contributed by atoms with Crippen molar-refractivity contribution in [2.45, 2.75) is 24.8 Å². The molecule has 1 rings (SSSR count). The highest BCUT2D eigenvalue weighted by molar-refractivity contribution is 7.89. The van der Waals surface area contributed by atoms with Crippen molar-refractivity contribution in [2.75, 3.05) is 0 Å². The van der Waals surface area contributed by atoms with Gasteiger partial charge in [0.1, 0.15) is 0 Å². The fourth-order valence-corrected chi connectivity index (χ4v) is 2.50. The van der Waals surface area contributed by atoms with Crippen LogP contribution in [-0.4, -0.2) is 20.2 Å². The molecule has 1 aromatic rings. The molecule has 0 bridgehead atoms. The smallest absolute Gasteiger partial charge is 0.241 e. The Balaban J connectivity index is 3.11. The van der Waals surface area contributed by atoms with Crippen molar-refractivity contribution in [3.8, 4) is 0 Å². The maximum absolute atomic E-state index is 11.9. The van der Waals surface area contributed by atoms with Crippen LogP contribution in [0.4, 0.5) is 0 Å². The monoisotopic (exact) mass is 253 g/mol. The van der Waals surface area contributed by atoms with E-state index in [4.69, 9.17) is 0 Å². The van der Waals surface area contributed by atoms with Gasteiger partial charge in [0, 0.05) is 11.6 Å². The van der Waals surface area contributed by atoms with Crippen LogP contribution >= 0.6 is 0 Å². The van der Waals surface area contributed by atoms with E-state index in [1.54, 1.807) is 19.1 Å². The van der Waals surface area contributed by atoms with Crippen LogP contribution in [0.2, 0.25) is 0 Å². The summed E-state index contributed by atoms with van der Waals surface area (Å²) in [4.78, 5) is 11.3. The molecule has 0 radical (unpaired) electrons. The molecule has 0 aliphatic heterocycles. The van der Waals surface area contributed by atoms with Gasteiger partial charge in [0.2, 0.25) is 10.0 Å². The van der Waals surface area contributed by atoms with Gasteiger partial charge in [-0.05, 0) is 26.0 Å². The molecule has 1 atom stereocenters. The highest BCUT2D eigenvalue weighted by Gasteiger charge is 2.16. The van der Waals surface area contributed by atoms with Crippen molar-refractivity contribution >= 4 is 15.8 Å². The lowest BCUT2D eigenvalue weighted by atomic mass is 10.2. The van der Waals surface area contributed by atoms with E-state index in [0.29, 0.717) is 5.56 Å². The number of Topliss-reactive ketones (excluding diaryl/α,β-unsaturated/α-hetero) is 1. The van der Waals surface area contributed by atoms with Gasteiger partial charge in [0.05, 0.1) is 4.90 Å². The summed E-state index contributed by atoms with van der Waals surface area (Å²) in [7, 11) is -3.60. The molecule has 0 heterocycles. The first-order valence-electron chi connectivity index (χ1n) is 5.12. The fraction of sp³-hybridized carbons (Fsp3) is 0.250. The highest BCUT2D eigenvalue weighted by atomic mass is 32.2. The maximum Gasteiger partial charge on any atom is 0.241 e. The van der Waals surface area contributed by atoms with Crippen LogP contribution in [0.1, 0.15) is 24.2 Å². The molecular formula is C12H15NO3S. The standard InChI is InChI=1S/C12H15NO3S/c1-4-9(2)13-17(15,16)12-7-5-6-11(8-12)10(3)14/h4-9,13H,1H2,2-3H3. The lowest BCUT2D eigenvalue weighted by Gasteiger charge is -2.10. The molecule has 0 amide bonds. The fourth-order valence-electron chi connectivity index (χ4n) is 1.24. The van der Waals surface area contributed by atoms with Crippen molar-refractivity contribution in [1.29, 1.82) is 0 Å². The zero-order valence-electron chi connectivity index (χ0n) is 9.80. The van der Waals surface area contributed by atoms with Crippen molar-refractivity contribution in [1.82, 2.24) is 4.72 Å². The summed E-state index contributed by atoms with van der Waals surface area (Å²) in [6.45, 7) is 6.58. The van der Waals surface area contributed by atoms with E-state index in [1.807, 2.05) is 0 Å². The van der Waals surface area contributed by atoms with Gasteiger partial charge in [-0.2, -0.15) is 0 Å². The first-order valence-corrected chi connectivity index (χ1v) is 6.61. The average Bonchev–Trinajstić information content (AvgIpc) is 2.28. The molecule has 1 unspecified atom stereocenters. The molecule has 0 spiro atoms. The Morgan fingerprint density at radius 1 is 1.47 bits per heavy atom. The first-order chi connectivity index (χ1) is 7.86. The van der Waals surface area contributed by atoms with E-state index in [0.717, 1.165) is 0 Å². The second-order valence-electron chi connectivity index (χ2n) is 3.73. The van der Waals surface area contributed by atoms with Gasteiger partial charge in [-0.15, -0.1) is 6.58 Å². The van der Waals surface area contributed by atoms with Crippen LogP contribution in [0.3, 0.4) is 0 Å². The zero-order valence-corrected chi connectivity index (χ0v) is 10.6. The SMILES string of the molecule is C=CC(C)NS(=O)(=O)c1cccc(C(C)=O)c1. The van der Waals surface area contributed by atoms with E-state index < -0.39 is 10.0 Å². The van der Waals surface area contributed by atoms with Gasteiger partial charge in [-0.25, -0.2) is 13.1 Å². The quantitative estimate of drug-likeness (QED) is 0.642. The number of hydrogen-bond donors (Lipinski definition) is 1. The summed E-state index contributed by atoms with van der Waals surface area (Å²) in [5.74, 6) is -0.168. The molecule has 4 nitrogen and oxygen atoms in total. The summed E-state index contributed by atoms with van der Waals surface area (Å²) < 4.78 is 26.2. The molecule has 0 aromatic heterocycles. The van der Waals surface area contributed by atoms with Crippen molar-refractivity contribution in [2.24, 2.45) is 0 Å². The Morgan fingerprint density at radius 3 is 2.65 bits per heavy atom. The molecule has 17 heavy (non-hydrogen) atoms. The molecule has 1 aromatic carbocycles. The van der Waals surface area contributed by atoms with Gasteiger partial charge < -0.3 is 0 Å². The second kappa shape index (κ2) is 5.25. The van der Waals surface area contributed by atoms with Crippen molar-refractivity contribution in [3.05, 3.63) is 42.5 Å². The normalized spacial score (nSPS) is 13.1. The summed E-state index contributed by atoms with van der Waals surface area (Å²) in [5, 5.41) is 0. The maximum atomic E-state index is 11.9. The summed E-state index contributed by atoms with van der Waals surface area (Å²) in [5.41, 5.74) is 0.374. The zero-order chi connectivity index (χ0) is 13.1. The lowest BCUT2D eigenvalue weighted by Crippen LogP contribution is -2.31. The van der Waals surface area contributed by atoms with Crippen LogP contribution in [-0.2, 0) is 10.0 Å². The Kier molecular flexibility index (Phi) is 4.20. The third kappa shape index (κ3) is 3.51. The van der Waals surface area contributed by atoms with E-state index in [9.17, 15) is 13.2 Å². The second-order valence-corrected chi connectivity index (χ2v) is 5.44. The molecule has 5 heteroatoms. The minimum Gasteiger partial charge on any atom is -0.295 e. The molecule has 0 aliphatic carbocycles. The van der Waals surface area contributed by atoms with Gasteiger partial charge in [-0.3, -0.25) is 4.79 Å². The predicted molar refractivity (Wildman–Crippen MR) is 66.4 cm³/mol. The molecule has 0 saturated carbocycles. The molecule has 0 aliphatic rings. The highest BCUT2D eigenvalue weighted by Crippen LogP contribution is 2.12. The minimum atomic E-state index is -3.60. The van der Waals surface area contributed by atoms with E-state index in [2.05, 4.69) is 11.3 Å². The van der Waals surface area contributed by atoms with Crippen LogP contribution in [0.5, 0.6) is 0 Å². The number of hydrogen-bond acceptors (Lipinski definition) is 3. The summed E-state index contributed by atoms with van der Waals surface area (Å²) in [6, 6.07) is 5.58. The van der Waals surface area contributed by atoms with Crippen molar-refractivity contribution in [3.63, 3.8) is 0 Å². The van der Waals surface area contributed by atoms with Crippen LogP contribution in [0.15, 0.2) is 41.8 Å². The lowest BCUT2D eigenvalue weighted by molar-refractivity contribution is 0.101. The van der Waals surface area contributed by atoms with Gasteiger partial charge in [-0.1, -0.05) is 18.2 Å². The molecule has 0 fully saturated rings. The molecule has 92 valence electrons. The van der Waals surface area contributed by atoms with E-state index in [-0.39, 0.29) is 16.7 Å². The Hall–Kier alpha value is -1.46. The van der Waals surface area contributed by atoms with Gasteiger partial charge >= 0.3 is 0 Å². The molecule has 0 saturated heterocycles. The van der Waals surface area contributed by atoms with E-state index in [1.165, 1.54) is 25.1 Å². The number of carbonyl (C=O) groups excluding carboxylic acids is 1. The number of sulfonamides is 1. The Labute approximate surface area is 101 Å². The predicted octanol–water partition coefficient (Wildman–Crippen LogP) is 1.74. The van der Waals surface area contributed by atoms with E-state index >= 15 is 0 Å². The van der Waals surface area contributed by atoms with Crippen LogP contribution in [0, 0.1) is 0 Å². The van der Waals surface area contributed by atoms with Crippen LogP contribution < -0.4 is 4.72 Å².